The zero-order chi connectivity index (χ0) is 37.3. The Balaban J connectivity index is 0.000000318. The first-order valence-electron chi connectivity index (χ1n) is 17.0. The number of aromatic hydroxyl groups is 3. The Bertz CT molecular complexity index is 1370. The number of benzene rings is 5. The van der Waals surface area contributed by atoms with E-state index >= 15 is 0 Å². The molecule has 5 aromatic carbocycles. The number of hydrogen-bond acceptors (Lipinski definition) is 3. The summed E-state index contributed by atoms with van der Waals surface area (Å²) < 4.78 is 0. The molecule has 0 aliphatic heterocycles. The van der Waals surface area contributed by atoms with Crippen molar-refractivity contribution in [3.63, 3.8) is 0 Å². The lowest BCUT2D eigenvalue weighted by Gasteiger charge is -2.24. The summed E-state index contributed by atoms with van der Waals surface area (Å²) in [7, 11) is 0. The smallest absolute Gasteiger partial charge is 0.115 e. The Hall–Kier alpha value is -4.50. The van der Waals surface area contributed by atoms with Crippen LogP contribution in [0.4, 0.5) is 0 Å². The SMILES string of the molecule is CC(C)(C)c1cccc(C(C)(C)C)c1.CC(C)(C)c1cccc(C(C)(C)C)c1.Oc1ccccc1.Oc1ccccc1.Oc1ccccc1. The third kappa shape index (κ3) is 18.6. The van der Waals surface area contributed by atoms with Crippen molar-refractivity contribution in [2.24, 2.45) is 0 Å². The van der Waals surface area contributed by atoms with Gasteiger partial charge in [-0.05, 0) is 80.3 Å². The maximum absolute atomic E-state index is 8.63. The van der Waals surface area contributed by atoms with Gasteiger partial charge in [0.1, 0.15) is 17.2 Å². The highest BCUT2D eigenvalue weighted by atomic mass is 16.3. The molecule has 0 aromatic heterocycles. The van der Waals surface area contributed by atoms with Crippen LogP contribution >= 0.6 is 0 Å². The van der Waals surface area contributed by atoms with Crippen molar-refractivity contribution >= 4 is 0 Å². The molecule has 0 saturated heterocycles. The molecule has 0 saturated carbocycles. The fourth-order valence-corrected chi connectivity index (χ4v) is 4.19. The minimum atomic E-state index is 0.251. The van der Waals surface area contributed by atoms with Crippen LogP contribution < -0.4 is 0 Å². The standard InChI is InChI=1S/2C14H22.3C6H6O/c2*1-13(2,3)11-8-7-9-12(10-11)14(4,5)6;3*7-6-4-2-1-3-5-6/h2*7-10H,1-6H3;3*1-5,7H. The Morgan fingerprint density at radius 1 is 0.265 bits per heavy atom. The van der Waals surface area contributed by atoms with Gasteiger partial charge in [-0.1, -0.05) is 186 Å². The molecular formula is C46H62O3. The van der Waals surface area contributed by atoms with Gasteiger partial charge in [0, 0.05) is 0 Å². The third-order valence-corrected chi connectivity index (χ3v) is 7.46. The van der Waals surface area contributed by atoms with Gasteiger partial charge in [0.05, 0.1) is 0 Å². The number of para-hydroxylation sites is 3. The molecule has 3 heteroatoms. The van der Waals surface area contributed by atoms with Crippen LogP contribution in [0.5, 0.6) is 17.2 Å². The van der Waals surface area contributed by atoms with Crippen molar-refractivity contribution in [3.8, 4) is 17.2 Å². The summed E-state index contributed by atoms with van der Waals surface area (Å²) in [5, 5.41) is 25.9. The van der Waals surface area contributed by atoms with E-state index in [0.717, 1.165) is 0 Å². The van der Waals surface area contributed by atoms with Crippen LogP contribution in [0.25, 0.3) is 0 Å². The van der Waals surface area contributed by atoms with E-state index < -0.39 is 0 Å². The molecule has 0 spiro atoms. The van der Waals surface area contributed by atoms with Crippen LogP contribution in [0.1, 0.15) is 105 Å². The Morgan fingerprint density at radius 3 is 0.571 bits per heavy atom. The van der Waals surface area contributed by atoms with Crippen LogP contribution in [0, 0.1) is 0 Å². The molecule has 0 aliphatic rings. The summed E-state index contributed by atoms with van der Waals surface area (Å²) in [6.45, 7) is 27.1. The van der Waals surface area contributed by atoms with Gasteiger partial charge in [0.15, 0.2) is 0 Å². The van der Waals surface area contributed by atoms with E-state index in [4.69, 9.17) is 15.3 Å². The molecule has 0 radical (unpaired) electrons. The van der Waals surface area contributed by atoms with E-state index in [0.29, 0.717) is 17.2 Å². The first-order chi connectivity index (χ1) is 22.6. The van der Waals surface area contributed by atoms with Gasteiger partial charge in [0.2, 0.25) is 0 Å². The molecule has 0 fully saturated rings. The van der Waals surface area contributed by atoms with Gasteiger partial charge in [-0.15, -0.1) is 0 Å². The number of hydrogen-bond donors (Lipinski definition) is 3. The number of phenolic OH excluding ortho intramolecular Hbond substituents is 3. The molecule has 264 valence electrons. The molecule has 5 aromatic rings. The van der Waals surface area contributed by atoms with Gasteiger partial charge >= 0.3 is 0 Å². The third-order valence-electron chi connectivity index (χ3n) is 7.46. The average Bonchev–Trinajstić information content (AvgIpc) is 3.02. The van der Waals surface area contributed by atoms with Crippen LogP contribution in [0.2, 0.25) is 0 Å². The normalized spacial score (nSPS) is 11.1. The fourth-order valence-electron chi connectivity index (χ4n) is 4.19. The second-order valence-electron chi connectivity index (χ2n) is 16.2. The quantitative estimate of drug-likeness (QED) is 0.155. The molecule has 49 heavy (non-hydrogen) atoms. The monoisotopic (exact) mass is 662 g/mol. The first kappa shape index (κ1) is 42.5. The summed E-state index contributed by atoms with van der Waals surface area (Å²) in [6.07, 6.45) is 0. The van der Waals surface area contributed by atoms with Gasteiger partial charge in [-0.2, -0.15) is 0 Å². The van der Waals surface area contributed by atoms with Gasteiger partial charge in [-0.25, -0.2) is 0 Å². The predicted molar refractivity (Wildman–Crippen MR) is 212 cm³/mol. The van der Waals surface area contributed by atoms with Crippen molar-refractivity contribution in [3.05, 3.63) is 162 Å². The maximum atomic E-state index is 8.63. The highest BCUT2D eigenvalue weighted by molar-refractivity contribution is 5.33. The van der Waals surface area contributed by atoms with E-state index in [2.05, 4.69) is 132 Å². The summed E-state index contributed by atoms with van der Waals surface area (Å²) >= 11 is 0. The maximum Gasteiger partial charge on any atom is 0.115 e. The largest absolute Gasteiger partial charge is 0.508 e. The van der Waals surface area contributed by atoms with E-state index in [1.165, 1.54) is 22.3 Å². The molecule has 3 N–H and O–H groups in total. The predicted octanol–water partition coefficient (Wildman–Crippen LogP) is 12.7. The zero-order valence-electron chi connectivity index (χ0n) is 32.1. The molecule has 0 unspecified atom stereocenters. The Labute approximate surface area is 298 Å². The first-order valence-corrected chi connectivity index (χ1v) is 17.0. The Morgan fingerprint density at radius 2 is 0.449 bits per heavy atom. The average molecular weight is 663 g/mol. The second-order valence-corrected chi connectivity index (χ2v) is 16.2. The molecule has 3 nitrogen and oxygen atoms in total. The number of phenols is 3. The van der Waals surface area contributed by atoms with E-state index in [1.807, 2.05) is 18.2 Å². The van der Waals surface area contributed by atoms with E-state index in [1.54, 1.807) is 72.8 Å². The molecule has 0 bridgehead atoms. The highest BCUT2D eigenvalue weighted by Crippen LogP contribution is 2.29. The lowest BCUT2D eigenvalue weighted by atomic mass is 9.81. The summed E-state index contributed by atoms with van der Waals surface area (Å²) in [4.78, 5) is 0. The second kappa shape index (κ2) is 19.5. The van der Waals surface area contributed by atoms with Gasteiger partial charge in [0.25, 0.3) is 0 Å². The van der Waals surface area contributed by atoms with Crippen molar-refractivity contribution in [1.82, 2.24) is 0 Å². The van der Waals surface area contributed by atoms with Gasteiger partial charge < -0.3 is 15.3 Å². The van der Waals surface area contributed by atoms with Crippen molar-refractivity contribution in [2.75, 3.05) is 0 Å². The summed E-state index contributed by atoms with van der Waals surface area (Å²) in [5.74, 6) is 0.965. The Kier molecular flexibility index (Phi) is 16.9. The van der Waals surface area contributed by atoms with Crippen molar-refractivity contribution in [2.45, 2.75) is 105 Å². The zero-order valence-corrected chi connectivity index (χ0v) is 32.1. The van der Waals surface area contributed by atoms with Crippen molar-refractivity contribution < 1.29 is 15.3 Å². The van der Waals surface area contributed by atoms with E-state index in [-0.39, 0.29) is 21.7 Å². The van der Waals surface area contributed by atoms with Gasteiger partial charge in [-0.3, -0.25) is 0 Å². The molecule has 5 rings (SSSR count). The minimum Gasteiger partial charge on any atom is -0.508 e. The fraction of sp³-hybridized carbons (Fsp3) is 0.348. The number of rotatable bonds is 0. The summed E-state index contributed by atoms with van der Waals surface area (Å²) in [6, 6.07) is 44.0. The highest BCUT2D eigenvalue weighted by Gasteiger charge is 2.19. The summed E-state index contributed by atoms with van der Waals surface area (Å²) in [5.41, 5.74) is 6.69. The molecule has 0 aliphatic carbocycles. The minimum absolute atomic E-state index is 0.251. The van der Waals surface area contributed by atoms with Crippen LogP contribution in [-0.4, -0.2) is 15.3 Å². The van der Waals surface area contributed by atoms with Crippen LogP contribution in [0.3, 0.4) is 0 Å². The topological polar surface area (TPSA) is 60.7 Å². The molecule has 0 amide bonds. The molecular weight excluding hydrogens is 601 g/mol. The molecule has 0 atom stereocenters. The lowest BCUT2D eigenvalue weighted by molar-refractivity contribution is 0.475. The van der Waals surface area contributed by atoms with Crippen LogP contribution in [0.15, 0.2) is 140 Å². The van der Waals surface area contributed by atoms with E-state index in [9.17, 15) is 0 Å². The lowest BCUT2D eigenvalue weighted by Crippen LogP contribution is -2.15. The molecule has 0 heterocycles. The van der Waals surface area contributed by atoms with Crippen LogP contribution in [-0.2, 0) is 21.7 Å². The van der Waals surface area contributed by atoms with Crippen molar-refractivity contribution in [1.29, 1.82) is 0 Å².